The number of unbranched alkanes of at least 4 members (excludes halogenated alkanes) is 10. The maximum atomic E-state index is 10.4. The molecule has 0 atom stereocenters. The van der Waals surface area contributed by atoms with Gasteiger partial charge in [0, 0.05) is 25.1 Å². The Bertz CT molecular complexity index is 505. The zero-order chi connectivity index (χ0) is 22.2. The third-order valence-corrected chi connectivity index (χ3v) is 6.42. The van der Waals surface area contributed by atoms with Crippen molar-refractivity contribution in [1.29, 1.82) is 0 Å². The molecule has 0 aliphatic heterocycles. The van der Waals surface area contributed by atoms with E-state index in [2.05, 4.69) is 40.0 Å². The van der Waals surface area contributed by atoms with Gasteiger partial charge in [0.15, 0.2) is 0 Å². The minimum Gasteiger partial charge on any atom is -0.303 e. The van der Waals surface area contributed by atoms with Crippen LogP contribution in [0.15, 0.2) is 30.3 Å². The molecule has 1 N–H and O–H groups in total. The van der Waals surface area contributed by atoms with Gasteiger partial charge in [-0.1, -0.05) is 80.8 Å². The van der Waals surface area contributed by atoms with Crippen molar-refractivity contribution in [1.82, 2.24) is 9.62 Å². The number of aldehydes is 2. The Morgan fingerprint density at radius 1 is 0.677 bits per heavy atom. The number of nitrogens with zero attached hydrogens (tertiary/aromatic N) is 1. The van der Waals surface area contributed by atoms with Crippen LogP contribution in [0.1, 0.15) is 89.0 Å². The summed E-state index contributed by atoms with van der Waals surface area (Å²) in [5.41, 5.74) is 1.36. The molecule has 0 fully saturated rings. The second-order valence-corrected chi connectivity index (χ2v) is 9.18. The molecule has 1 aromatic rings. The van der Waals surface area contributed by atoms with Crippen LogP contribution in [0, 0.1) is 0 Å². The van der Waals surface area contributed by atoms with Crippen molar-refractivity contribution >= 4 is 24.5 Å². The lowest BCUT2D eigenvalue weighted by Crippen LogP contribution is -2.29. The smallest absolute Gasteiger partial charge is 0.119 e. The number of nitrogens with one attached hydrogen (secondary N) is 1. The predicted octanol–water partition coefficient (Wildman–Crippen LogP) is 6.20. The molecule has 0 radical (unpaired) electrons. The van der Waals surface area contributed by atoms with Crippen LogP contribution >= 0.6 is 11.9 Å². The predicted molar refractivity (Wildman–Crippen MR) is 134 cm³/mol. The summed E-state index contributed by atoms with van der Waals surface area (Å²) >= 11 is 1.80. The van der Waals surface area contributed by atoms with Crippen molar-refractivity contribution in [2.45, 2.75) is 89.2 Å². The Morgan fingerprint density at radius 3 is 1.77 bits per heavy atom. The van der Waals surface area contributed by atoms with Gasteiger partial charge in [0.25, 0.3) is 0 Å². The molecular formula is C26H44N2O2S. The van der Waals surface area contributed by atoms with Gasteiger partial charge in [-0.05, 0) is 57.3 Å². The van der Waals surface area contributed by atoms with Gasteiger partial charge < -0.3 is 14.5 Å². The SMILES string of the molecule is O=CCCCCCCCN(CCCCCCCC=O)CCCNSCc1ccccc1. The van der Waals surface area contributed by atoms with Gasteiger partial charge in [0.1, 0.15) is 12.6 Å². The molecule has 1 aromatic carbocycles. The van der Waals surface area contributed by atoms with E-state index in [1.807, 2.05) is 0 Å². The summed E-state index contributed by atoms with van der Waals surface area (Å²) in [6.45, 7) is 4.59. The van der Waals surface area contributed by atoms with Gasteiger partial charge in [0.05, 0.1) is 0 Å². The summed E-state index contributed by atoms with van der Waals surface area (Å²) in [4.78, 5) is 23.4. The van der Waals surface area contributed by atoms with Crippen molar-refractivity contribution in [3.63, 3.8) is 0 Å². The Kier molecular flexibility index (Phi) is 19.8. The van der Waals surface area contributed by atoms with Crippen molar-refractivity contribution in [2.24, 2.45) is 0 Å². The first-order valence-electron chi connectivity index (χ1n) is 12.3. The average Bonchev–Trinajstić information content (AvgIpc) is 2.80. The van der Waals surface area contributed by atoms with Crippen molar-refractivity contribution < 1.29 is 9.59 Å². The Balaban J connectivity index is 2.14. The van der Waals surface area contributed by atoms with Gasteiger partial charge in [-0.2, -0.15) is 0 Å². The summed E-state index contributed by atoms with van der Waals surface area (Å²) in [6.07, 6.45) is 16.7. The lowest BCUT2D eigenvalue weighted by atomic mass is 10.1. The topological polar surface area (TPSA) is 49.4 Å². The summed E-state index contributed by atoms with van der Waals surface area (Å²) in [5, 5.41) is 0. The highest BCUT2D eigenvalue weighted by atomic mass is 32.2. The van der Waals surface area contributed by atoms with Crippen LogP contribution in [0.2, 0.25) is 0 Å². The fourth-order valence-corrected chi connectivity index (χ4v) is 4.43. The number of hydrogen-bond acceptors (Lipinski definition) is 5. The van der Waals surface area contributed by atoms with E-state index in [-0.39, 0.29) is 0 Å². The average molecular weight is 449 g/mol. The van der Waals surface area contributed by atoms with Gasteiger partial charge in [-0.25, -0.2) is 0 Å². The van der Waals surface area contributed by atoms with Crippen molar-refractivity contribution in [3.8, 4) is 0 Å². The van der Waals surface area contributed by atoms with Crippen LogP contribution < -0.4 is 4.72 Å². The van der Waals surface area contributed by atoms with Gasteiger partial charge in [0.2, 0.25) is 0 Å². The molecule has 0 aromatic heterocycles. The molecule has 0 heterocycles. The molecule has 0 aliphatic carbocycles. The van der Waals surface area contributed by atoms with Crippen molar-refractivity contribution in [3.05, 3.63) is 35.9 Å². The Morgan fingerprint density at radius 2 is 1.19 bits per heavy atom. The quantitative estimate of drug-likeness (QED) is 0.123. The van der Waals surface area contributed by atoms with Crippen LogP contribution in [-0.4, -0.2) is 43.7 Å². The van der Waals surface area contributed by atoms with E-state index in [0.29, 0.717) is 12.8 Å². The highest BCUT2D eigenvalue weighted by Crippen LogP contribution is 2.10. The molecule has 5 heteroatoms. The summed E-state index contributed by atoms with van der Waals surface area (Å²) in [6, 6.07) is 10.6. The number of rotatable bonds is 23. The third-order valence-electron chi connectivity index (χ3n) is 5.53. The molecule has 1 rings (SSSR count). The van der Waals surface area contributed by atoms with Crippen molar-refractivity contribution in [2.75, 3.05) is 26.2 Å². The third kappa shape index (κ3) is 18.1. The van der Waals surface area contributed by atoms with Crippen LogP contribution in [0.4, 0.5) is 0 Å². The molecule has 0 aliphatic rings. The minimum absolute atomic E-state index is 0.717. The van der Waals surface area contributed by atoms with E-state index in [1.54, 1.807) is 11.9 Å². The lowest BCUT2D eigenvalue weighted by Gasteiger charge is -2.22. The first kappa shape index (κ1) is 27.9. The van der Waals surface area contributed by atoms with E-state index in [9.17, 15) is 9.59 Å². The highest BCUT2D eigenvalue weighted by molar-refractivity contribution is 7.96. The maximum Gasteiger partial charge on any atom is 0.119 e. The Hall–Kier alpha value is -1.17. The number of carbonyl (C=O) groups is 2. The molecule has 4 nitrogen and oxygen atoms in total. The Labute approximate surface area is 195 Å². The standard InChI is InChI=1S/C26H44N2O2S/c29-23-14-7-3-1-5-12-20-28(21-13-6-2-4-8-15-24-30)22-16-19-27-31-25-26-17-10-9-11-18-26/h9-11,17-18,23-24,27H,1-8,12-16,19-22,25H2. The molecule has 0 amide bonds. The lowest BCUT2D eigenvalue weighted by molar-refractivity contribution is -0.108. The van der Waals surface area contributed by atoms with Crippen LogP contribution in [-0.2, 0) is 15.3 Å². The fraction of sp³-hybridized carbons (Fsp3) is 0.692. The second kappa shape index (κ2) is 22.0. The molecular weight excluding hydrogens is 404 g/mol. The van der Waals surface area contributed by atoms with Crippen LogP contribution in [0.3, 0.4) is 0 Å². The molecule has 31 heavy (non-hydrogen) atoms. The second-order valence-electron chi connectivity index (χ2n) is 8.31. The van der Waals surface area contributed by atoms with Gasteiger partial charge >= 0.3 is 0 Å². The normalized spacial score (nSPS) is 11.1. The monoisotopic (exact) mass is 448 g/mol. The first-order chi connectivity index (χ1) is 15.4. The van der Waals surface area contributed by atoms with E-state index < -0.39 is 0 Å². The van der Waals surface area contributed by atoms with E-state index in [0.717, 1.165) is 44.3 Å². The molecule has 0 spiro atoms. The molecule has 0 saturated heterocycles. The molecule has 0 bridgehead atoms. The number of hydrogen-bond donors (Lipinski definition) is 1. The largest absolute Gasteiger partial charge is 0.303 e. The minimum atomic E-state index is 0.717. The zero-order valence-electron chi connectivity index (χ0n) is 19.4. The molecule has 0 unspecified atom stereocenters. The zero-order valence-corrected chi connectivity index (χ0v) is 20.3. The maximum absolute atomic E-state index is 10.4. The number of carbonyl (C=O) groups excluding carboxylic acids is 2. The van der Waals surface area contributed by atoms with Crippen LogP contribution in [0.5, 0.6) is 0 Å². The van der Waals surface area contributed by atoms with E-state index >= 15 is 0 Å². The molecule has 176 valence electrons. The first-order valence-corrected chi connectivity index (χ1v) is 13.3. The fourth-order valence-electron chi connectivity index (χ4n) is 3.68. The van der Waals surface area contributed by atoms with Crippen LogP contribution in [0.25, 0.3) is 0 Å². The molecule has 0 saturated carbocycles. The number of benzene rings is 1. The summed E-state index contributed by atoms with van der Waals surface area (Å²) < 4.78 is 3.51. The summed E-state index contributed by atoms with van der Waals surface area (Å²) in [5.74, 6) is 1.01. The van der Waals surface area contributed by atoms with E-state index in [4.69, 9.17) is 0 Å². The van der Waals surface area contributed by atoms with E-state index in [1.165, 1.54) is 76.4 Å². The summed E-state index contributed by atoms with van der Waals surface area (Å²) in [7, 11) is 0. The van der Waals surface area contributed by atoms with Gasteiger partial charge in [-0.15, -0.1) is 0 Å². The highest BCUT2D eigenvalue weighted by Gasteiger charge is 2.05. The van der Waals surface area contributed by atoms with Gasteiger partial charge in [-0.3, -0.25) is 4.72 Å².